The lowest BCUT2D eigenvalue weighted by molar-refractivity contribution is 0.669. The molecule has 66 valence electrons. The number of rotatable bonds is 3. The van der Waals surface area contributed by atoms with Gasteiger partial charge in [0.2, 0.25) is 0 Å². The van der Waals surface area contributed by atoms with Crippen LogP contribution in [0.25, 0.3) is 0 Å². The fraction of sp³-hybridized carbons (Fsp3) is 0.400. The molecule has 0 aromatic heterocycles. The van der Waals surface area contributed by atoms with Crippen molar-refractivity contribution in [3.8, 4) is 0 Å². The summed E-state index contributed by atoms with van der Waals surface area (Å²) in [6.45, 7) is 4.32. The normalized spacial score (nSPS) is 15.6. The van der Waals surface area contributed by atoms with Gasteiger partial charge in [0.25, 0.3) is 0 Å². The van der Waals surface area contributed by atoms with Gasteiger partial charge < -0.3 is 0 Å². The summed E-state index contributed by atoms with van der Waals surface area (Å²) in [7, 11) is 7.26. The van der Waals surface area contributed by atoms with Crippen LogP contribution < -0.4 is 0 Å². The van der Waals surface area contributed by atoms with E-state index in [0.29, 0.717) is 0 Å². The van der Waals surface area contributed by atoms with Crippen molar-refractivity contribution in [2.75, 3.05) is 0 Å². The Labute approximate surface area is 82.8 Å². The van der Waals surface area contributed by atoms with Crippen LogP contribution in [0, 0.1) is 0 Å². The molecule has 0 spiro atoms. The van der Waals surface area contributed by atoms with Crippen LogP contribution in [0.15, 0.2) is 30.3 Å². The van der Waals surface area contributed by atoms with E-state index < -0.39 is 0 Å². The molecule has 0 nitrogen and oxygen atoms in total. The SMILES string of the molecule is CCC(C)(SCl)c1ccccc1. The van der Waals surface area contributed by atoms with E-state index in [9.17, 15) is 0 Å². The van der Waals surface area contributed by atoms with Crippen LogP contribution in [-0.4, -0.2) is 0 Å². The number of hydrogen-bond acceptors (Lipinski definition) is 1. The van der Waals surface area contributed by atoms with Gasteiger partial charge in [-0.2, -0.15) is 0 Å². The Hall–Kier alpha value is -0.140. The van der Waals surface area contributed by atoms with Gasteiger partial charge in [0.05, 0.1) is 4.75 Å². The Bertz CT molecular complexity index is 229. The van der Waals surface area contributed by atoms with E-state index in [1.165, 1.54) is 16.5 Å². The Morgan fingerprint density at radius 2 is 1.92 bits per heavy atom. The number of benzene rings is 1. The third kappa shape index (κ3) is 1.96. The van der Waals surface area contributed by atoms with Gasteiger partial charge in [-0.1, -0.05) is 37.3 Å². The van der Waals surface area contributed by atoms with E-state index in [2.05, 4.69) is 38.1 Å². The topological polar surface area (TPSA) is 0 Å². The molecule has 1 atom stereocenters. The van der Waals surface area contributed by atoms with Crippen molar-refractivity contribution in [3.63, 3.8) is 0 Å². The van der Waals surface area contributed by atoms with Crippen molar-refractivity contribution in [3.05, 3.63) is 35.9 Å². The van der Waals surface area contributed by atoms with Crippen molar-refractivity contribution in [2.24, 2.45) is 0 Å². The summed E-state index contributed by atoms with van der Waals surface area (Å²) < 4.78 is 0.0583. The first-order valence-corrected chi connectivity index (χ1v) is 5.72. The smallest absolute Gasteiger partial charge is 0.0528 e. The minimum atomic E-state index is 0.0583. The maximum atomic E-state index is 5.86. The second-order valence-electron chi connectivity index (χ2n) is 3.03. The molecule has 0 saturated heterocycles. The molecule has 2 heteroatoms. The van der Waals surface area contributed by atoms with Gasteiger partial charge in [0, 0.05) is 0 Å². The van der Waals surface area contributed by atoms with E-state index in [0.717, 1.165) is 6.42 Å². The molecule has 12 heavy (non-hydrogen) atoms. The van der Waals surface area contributed by atoms with Crippen molar-refractivity contribution >= 4 is 21.7 Å². The first kappa shape index (κ1) is 9.94. The molecular formula is C10H13ClS. The van der Waals surface area contributed by atoms with E-state index in [1.807, 2.05) is 6.07 Å². The minimum Gasteiger partial charge on any atom is -0.0637 e. The fourth-order valence-corrected chi connectivity index (χ4v) is 2.02. The molecule has 0 N–H and O–H groups in total. The molecule has 0 fully saturated rings. The predicted molar refractivity (Wildman–Crippen MR) is 57.5 cm³/mol. The molecule has 0 aliphatic heterocycles. The van der Waals surface area contributed by atoms with Crippen LogP contribution in [0.5, 0.6) is 0 Å². The molecule has 0 saturated carbocycles. The summed E-state index contributed by atoms with van der Waals surface area (Å²) in [6, 6.07) is 10.4. The highest BCUT2D eigenvalue weighted by Crippen LogP contribution is 2.41. The lowest BCUT2D eigenvalue weighted by atomic mass is 9.98. The summed E-state index contributed by atoms with van der Waals surface area (Å²) in [4.78, 5) is 0. The first-order chi connectivity index (χ1) is 5.73. The molecule has 0 amide bonds. The highest BCUT2D eigenvalue weighted by atomic mass is 35.7. The lowest BCUT2D eigenvalue weighted by Gasteiger charge is -2.24. The maximum Gasteiger partial charge on any atom is 0.0528 e. The minimum absolute atomic E-state index is 0.0583. The highest BCUT2D eigenvalue weighted by Gasteiger charge is 2.23. The van der Waals surface area contributed by atoms with Crippen molar-refractivity contribution in [1.82, 2.24) is 0 Å². The maximum absolute atomic E-state index is 5.86. The average Bonchev–Trinajstić information content (AvgIpc) is 2.18. The Balaban J connectivity index is 2.95. The Morgan fingerprint density at radius 1 is 1.33 bits per heavy atom. The van der Waals surface area contributed by atoms with Crippen LogP contribution in [0.1, 0.15) is 25.8 Å². The van der Waals surface area contributed by atoms with Gasteiger partial charge in [-0.25, -0.2) is 0 Å². The zero-order chi connectivity index (χ0) is 9.03. The lowest BCUT2D eigenvalue weighted by Crippen LogP contribution is -2.13. The molecular weight excluding hydrogens is 188 g/mol. The van der Waals surface area contributed by atoms with Crippen LogP contribution in [0.3, 0.4) is 0 Å². The summed E-state index contributed by atoms with van der Waals surface area (Å²) in [5, 5.41) is 0. The monoisotopic (exact) mass is 200 g/mol. The van der Waals surface area contributed by atoms with Crippen LogP contribution in [0.2, 0.25) is 0 Å². The summed E-state index contributed by atoms with van der Waals surface area (Å²) in [5.41, 5.74) is 1.30. The quantitative estimate of drug-likeness (QED) is 0.705. The zero-order valence-corrected chi connectivity index (χ0v) is 8.95. The average molecular weight is 201 g/mol. The van der Waals surface area contributed by atoms with E-state index in [1.54, 1.807) is 0 Å². The predicted octanol–water partition coefficient (Wildman–Crippen LogP) is 4.20. The summed E-state index contributed by atoms with van der Waals surface area (Å²) >= 11 is 0. The van der Waals surface area contributed by atoms with Crippen molar-refractivity contribution in [2.45, 2.75) is 25.0 Å². The van der Waals surface area contributed by atoms with E-state index in [4.69, 9.17) is 10.7 Å². The first-order valence-electron chi connectivity index (χ1n) is 4.08. The van der Waals surface area contributed by atoms with Gasteiger partial charge in [-0.3, -0.25) is 0 Å². The van der Waals surface area contributed by atoms with Gasteiger partial charge in [-0.15, -0.1) is 0 Å². The van der Waals surface area contributed by atoms with Crippen molar-refractivity contribution < 1.29 is 0 Å². The third-order valence-electron chi connectivity index (χ3n) is 2.23. The van der Waals surface area contributed by atoms with Crippen LogP contribution >= 0.6 is 21.7 Å². The molecule has 0 heterocycles. The van der Waals surface area contributed by atoms with Crippen LogP contribution in [-0.2, 0) is 4.75 Å². The van der Waals surface area contributed by atoms with Gasteiger partial charge in [0.1, 0.15) is 0 Å². The molecule has 1 unspecified atom stereocenters. The molecule has 0 aliphatic carbocycles. The van der Waals surface area contributed by atoms with Gasteiger partial charge in [0.15, 0.2) is 0 Å². The number of hydrogen-bond donors (Lipinski definition) is 0. The summed E-state index contributed by atoms with van der Waals surface area (Å²) in [6.07, 6.45) is 1.05. The molecule has 1 rings (SSSR count). The molecule has 1 aromatic rings. The zero-order valence-electron chi connectivity index (χ0n) is 7.38. The Morgan fingerprint density at radius 3 is 2.33 bits per heavy atom. The van der Waals surface area contributed by atoms with Gasteiger partial charge in [-0.05, 0) is 40.6 Å². The molecule has 0 radical (unpaired) electrons. The Kier molecular flexibility index (Phi) is 3.48. The van der Waals surface area contributed by atoms with Gasteiger partial charge >= 0.3 is 0 Å². The molecule has 1 aromatic carbocycles. The summed E-state index contributed by atoms with van der Waals surface area (Å²) in [5.74, 6) is 0. The second kappa shape index (κ2) is 4.20. The molecule has 0 bridgehead atoms. The third-order valence-corrected chi connectivity index (χ3v) is 4.12. The second-order valence-corrected chi connectivity index (χ2v) is 4.55. The van der Waals surface area contributed by atoms with Crippen LogP contribution in [0.4, 0.5) is 0 Å². The molecule has 0 aliphatic rings. The highest BCUT2D eigenvalue weighted by molar-refractivity contribution is 8.21. The number of halogens is 1. The standard InChI is InChI=1S/C10H13ClS/c1-3-10(2,12-11)9-7-5-4-6-8-9/h4-8H,3H2,1-2H3. The largest absolute Gasteiger partial charge is 0.0637 e. The van der Waals surface area contributed by atoms with E-state index >= 15 is 0 Å². The van der Waals surface area contributed by atoms with E-state index in [-0.39, 0.29) is 4.75 Å². The fourth-order valence-electron chi connectivity index (χ4n) is 1.09. The van der Waals surface area contributed by atoms with Crippen molar-refractivity contribution in [1.29, 1.82) is 0 Å².